The Labute approximate surface area is 70.2 Å². The average Bonchev–Trinajstić information content (AvgIpc) is 2.49. The van der Waals surface area contributed by atoms with Crippen molar-refractivity contribution in [3.63, 3.8) is 0 Å². The van der Waals surface area contributed by atoms with Crippen LogP contribution < -0.4 is 0 Å². The SMILES string of the molecule is O=CC1Cc2cccc(F)c2C1. The normalized spacial score (nSPS) is 20.6. The molecule has 0 saturated heterocycles. The summed E-state index contributed by atoms with van der Waals surface area (Å²) >= 11 is 0. The molecule has 0 heterocycles. The highest BCUT2D eigenvalue weighted by molar-refractivity contribution is 5.58. The predicted molar refractivity (Wildman–Crippen MR) is 43.4 cm³/mol. The lowest BCUT2D eigenvalue weighted by Gasteiger charge is -1.97. The number of hydrogen-bond donors (Lipinski definition) is 0. The lowest BCUT2D eigenvalue weighted by atomic mass is 10.1. The lowest BCUT2D eigenvalue weighted by molar-refractivity contribution is -0.110. The molecule has 0 amide bonds. The Morgan fingerprint density at radius 3 is 2.92 bits per heavy atom. The molecule has 62 valence electrons. The Morgan fingerprint density at radius 2 is 2.25 bits per heavy atom. The molecule has 1 aromatic carbocycles. The second-order valence-corrected chi connectivity index (χ2v) is 3.18. The third-order valence-electron chi connectivity index (χ3n) is 2.36. The van der Waals surface area contributed by atoms with Crippen LogP contribution in [-0.4, -0.2) is 6.29 Å². The van der Waals surface area contributed by atoms with Gasteiger partial charge in [0.1, 0.15) is 12.1 Å². The second-order valence-electron chi connectivity index (χ2n) is 3.18. The maximum atomic E-state index is 13.1. The Balaban J connectivity index is 2.41. The summed E-state index contributed by atoms with van der Waals surface area (Å²) in [5, 5.41) is 0. The third kappa shape index (κ3) is 1.04. The summed E-state index contributed by atoms with van der Waals surface area (Å²) in [6.45, 7) is 0. The van der Waals surface area contributed by atoms with E-state index in [1.54, 1.807) is 6.07 Å². The van der Waals surface area contributed by atoms with E-state index in [-0.39, 0.29) is 11.7 Å². The van der Waals surface area contributed by atoms with Gasteiger partial charge in [0.2, 0.25) is 0 Å². The Hall–Kier alpha value is -1.18. The molecule has 2 heteroatoms. The predicted octanol–water partition coefficient (Wildman–Crippen LogP) is 1.74. The van der Waals surface area contributed by atoms with Gasteiger partial charge in [0.25, 0.3) is 0 Å². The smallest absolute Gasteiger partial charge is 0.126 e. The number of carbonyl (C=O) groups excluding carboxylic acids is 1. The van der Waals surface area contributed by atoms with E-state index in [9.17, 15) is 9.18 Å². The molecule has 1 unspecified atom stereocenters. The van der Waals surface area contributed by atoms with Crippen LogP contribution in [0.25, 0.3) is 0 Å². The minimum Gasteiger partial charge on any atom is -0.303 e. The fourth-order valence-electron chi connectivity index (χ4n) is 1.74. The summed E-state index contributed by atoms with van der Waals surface area (Å²) in [7, 11) is 0. The molecule has 0 bridgehead atoms. The first-order chi connectivity index (χ1) is 5.81. The zero-order valence-corrected chi connectivity index (χ0v) is 6.59. The van der Waals surface area contributed by atoms with E-state index in [0.717, 1.165) is 17.4 Å². The van der Waals surface area contributed by atoms with Crippen LogP contribution >= 0.6 is 0 Å². The van der Waals surface area contributed by atoms with Crippen molar-refractivity contribution in [2.45, 2.75) is 12.8 Å². The first kappa shape index (κ1) is 7.47. The maximum absolute atomic E-state index is 13.1. The molecular formula is C10H9FO. The van der Waals surface area contributed by atoms with Crippen LogP contribution in [0.15, 0.2) is 18.2 Å². The summed E-state index contributed by atoms with van der Waals surface area (Å²) in [6.07, 6.45) is 2.20. The van der Waals surface area contributed by atoms with E-state index >= 15 is 0 Å². The molecule has 12 heavy (non-hydrogen) atoms. The van der Waals surface area contributed by atoms with Crippen molar-refractivity contribution in [3.05, 3.63) is 35.1 Å². The van der Waals surface area contributed by atoms with E-state index in [4.69, 9.17) is 0 Å². The van der Waals surface area contributed by atoms with Gasteiger partial charge in [-0.15, -0.1) is 0 Å². The molecule has 0 radical (unpaired) electrons. The highest BCUT2D eigenvalue weighted by atomic mass is 19.1. The standard InChI is InChI=1S/C10H9FO/c11-10-3-1-2-8-4-7(6-12)5-9(8)10/h1-3,6-7H,4-5H2. The van der Waals surface area contributed by atoms with E-state index < -0.39 is 0 Å². The Bertz CT molecular complexity index is 320. The summed E-state index contributed by atoms with van der Waals surface area (Å²) < 4.78 is 13.1. The van der Waals surface area contributed by atoms with Gasteiger partial charge < -0.3 is 4.79 Å². The highest BCUT2D eigenvalue weighted by Crippen LogP contribution is 2.27. The second kappa shape index (κ2) is 2.70. The topological polar surface area (TPSA) is 17.1 Å². The first-order valence-electron chi connectivity index (χ1n) is 4.03. The average molecular weight is 164 g/mol. The van der Waals surface area contributed by atoms with E-state index in [0.29, 0.717) is 12.8 Å². The Morgan fingerprint density at radius 1 is 1.42 bits per heavy atom. The Kier molecular flexibility index (Phi) is 1.68. The summed E-state index contributed by atoms with van der Waals surface area (Å²) in [4.78, 5) is 10.5. The van der Waals surface area contributed by atoms with Crippen LogP contribution in [0.4, 0.5) is 4.39 Å². The molecule has 0 saturated carbocycles. The largest absolute Gasteiger partial charge is 0.303 e. The van der Waals surface area contributed by atoms with E-state index in [1.807, 2.05) is 6.07 Å². The van der Waals surface area contributed by atoms with Crippen molar-refractivity contribution < 1.29 is 9.18 Å². The van der Waals surface area contributed by atoms with Crippen LogP contribution in [0.3, 0.4) is 0 Å². The molecule has 0 N–H and O–H groups in total. The van der Waals surface area contributed by atoms with Crippen LogP contribution in [-0.2, 0) is 17.6 Å². The molecule has 1 aliphatic rings. The minimum absolute atomic E-state index is 0.00287. The molecule has 1 aliphatic carbocycles. The number of benzene rings is 1. The van der Waals surface area contributed by atoms with Crippen molar-refractivity contribution in [1.82, 2.24) is 0 Å². The van der Waals surface area contributed by atoms with Crippen molar-refractivity contribution in [1.29, 1.82) is 0 Å². The lowest BCUT2D eigenvalue weighted by Crippen LogP contribution is -1.99. The molecule has 1 aromatic rings. The zero-order valence-electron chi connectivity index (χ0n) is 6.59. The summed E-state index contributed by atoms with van der Waals surface area (Å²) in [5.74, 6) is -0.172. The van der Waals surface area contributed by atoms with Crippen LogP contribution in [0, 0.1) is 11.7 Å². The molecule has 0 aliphatic heterocycles. The van der Waals surface area contributed by atoms with Crippen LogP contribution in [0.1, 0.15) is 11.1 Å². The van der Waals surface area contributed by atoms with Gasteiger partial charge in [-0.3, -0.25) is 0 Å². The van der Waals surface area contributed by atoms with Gasteiger partial charge in [0.15, 0.2) is 0 Å². The number of carbonyl (C=O) groups is 1. The number of fused-ring (bicyclic) bond motifs is 1. The van der Waals surface area contributed by atoms with Crippen molar-refractivity contribution in [2.24, 2.45) is 5.92 Å². The summed E-state index contributed by atoms with van der Waals surface area (Å²) in [6, 6.07) is 5.04. The number of aldehydes is 1. The van der Waals surface area contributed by atoms with Gasteiger partial charge >= 0.3 is 0 Å². The fraction of sp³-hybridized carbons (Fsp3) is 0.300. The maximum Gasteiger partial charge on any atom is 0.126 e. The molecule has 0 fully saturated rings. The van der Waals surface area contributed by atoms with Gasteiger partial charge in [-0.25, -0.2) is 4.39 Å². The fourth-order valence-corrected chi connectivity index (χ4v) is 1.74. The van der Waals surface area contributed by atoms with Gasteiger partial charge in [-0.05, 0) is 30.0 Å². The van der Waals surface area contributed by atoms with Crippen LogP contribution in [0.2, 0.25) is 0 Å². The summed E-state index contributed by atoms with van der Waals surface area (Å²) in [5.41, 5.74) is 1.72. The quantitative estimate of drug-likeness (QED) is 0.578. The van der Waals surface area contributed by atoms with E-state index in [1.165, 1.54) is 6.07 Å². The van der Waals surface area contributed by atoms with Crippen LogP contribution in [0.5, 0.6) is 0 Å². The minimum atomic E-state index is -0.170. The van der Waals surface area contributed by atoms with Gasteiger partial charge in [-0.2, -0.15) is 0 Å². The molecule has 2 rings (SSSR count). The van der Waals surface area contributed by atoms with Gasteiger partial charge in [0, 0.05) is 5.92 Å². The molecule has 0 spiro atoms. The van der Waals surface area contributed by atoms with Gasteiger partial charge in [0.05, 0.1) is 0 Å². The molecular weight excluding hydrogens is 155 g/mol. The van der Waals surface area contributed by atoms with Gasteiger partial charge in [-0.1, -0.05) is 12.1 Å². The zero-order chi connectivity index (χ0) is 8.55. The van der Waals surface area contributed by atoms with Crippen molar-refractivity contribution in [2.75, 3.05) is 0 Å². The molecule has 0 aromatic heterocycles. The number of halogens is 1. The molecule has 1 atom stereocenters. The monoisotopic (exact) mass is 164 g/mol. The van der Waals surface area contributed by atoms with Crippen molar-refractivity contribution in [3.8, 4) is 0 Å². The van der Waals surface area contributed by atoms with Crippen molar-refractivity contribution >= 4 is 6.29 Å². The third-order valence-corrected chi connectivity index (χ3v) is 2.36. The number of rotatable bonds is 1. The molecule has 1 nitrogen and oxygen atoms in total. The number of hydrogen-bond acceptors (Lipinski definition) is 1. The first-order valence-corrected chi connectivity index (χ1v) is 4.03. The van der Waals surface area contributed by atoms with E-state index in [2.05, 4.69) is 0 Å². The highest BCUT2D eigenvalue weighted by Gasteiger charge is 2.22.